The SMILES string of the molecule is CC1CN(C)CCCN1C(CN)C(C)(C)C. The van der Waals surface area contributed by atoms with Gasteiger partial charge in [0, 0.05) is 31.7 Å². The minimum atomic E-state index is 0.270. The summed E-state index contributed by atoms with van der Waals surface area (Å²) in [6, 6.07) is 1.11. The molecular weight excluding hydrogens is 198 g/mol. The van der Waals surface area contributed by atoms with Gasteiger partial charge in [0.05, 0.1) is 0 Å². The second kappa shape index (κ2) is 5.48. The predicted molar refractivity (Wildman–Crippen MR) is 70.6 cm³/mol. The van der Waals surface area contributed by atoms with Crippen molar-refractivity contribution in [2.75, 3.05) is 33.2 Å². The first-order valence-electron chi connectivity index (χ1n) is 6.50. The smallest absolute Gasteiger partial charge is 0.0270 e. The molecule has 0 aromatic carbocycles. The fourth-order valence-electron chi connectivity index (χ4n) is 2.84. The van der Waals surface area contributed by atoms with E-state index in [1.165, 1.54) is 19.5 Å². The fourth-order valence-corrected chi connectivity index (χ4v) is 2.84. The summed E-state index contributed by atoms with van der Waals surface area (Å²) in [5.41, 5.74) is 6.25. The van der Waals surface area contributed by atoms with Crippen molar-refractivity contribution < 1.29 is 0 Å². The van der Waals surface area contributed by atoms with Crippen molar-refractivity contribution in [3.05, 3.63) is 0 Å². The molecule has 0 aromatic rings. The van der Waals surface area contributed by atoms with Gasteiger partial charge in [0.2, 0.25) is 0 Å². The first-order valence-corrected chi connectivity index (χ1v) is 6.50. The Balaban J connectivity index is 2.75. The Morgan fingerprint density at radius 3 is 2.44 bits per heavy atom. The number of hydrogen-bond donors (Lipinski definition) is 1. The van der Waals surface area contributed by atoms with Crippen LogP contribution >= 0.6 is 0 Å². The predicted octanol–water partition coefficient (Wildman–Crippen LogP) is 1.39. The Kier molecular flexibility index (Phi) is 4.77. The van der Waals surface area contributed by atoms with Gasteiger partial charge in [-0.25, -0.2) is 0 Å². The summed E-state index contributed by atoms with van der Waals surface area (Å²) in [6.45, 7) is 13.5. The van der Waals surface area contributed by atoms with Crippen molar-refractivity contribution in [2.24, 2.45) is 11.1 Å². The van der Waals surface area contributed by atoms with E-state index in [0.717, 1.165) is 13.1 Å². The van der Waals surface area contributed by atoms with Gasteiger partial charge >= 0.3 is 0 Å². The lowest BCUT2D eigenvalue weighted by Gasteiger charge is -2.42. The highest BCUT2D eigenvalue weighted by Gasteiger charge is 2.33. The van der Waals surface area contributed by atoms with Gasteiger partial charge in [0.1, 0.15) is 0 Å². The van der Waals surface area contributed by atoms with Crippen molar-refractivity contribution in [1.82, 2.24) is 9.80 Å². The monoisotopic (exact) mass is 227 g/mol. The summed E-state index contributed by atoms with van der Waals surface area (Å²) < 4.78 is 0. The molecule has 1 aliphatic rings. The van der Waals surface area contributed by atoms with Crippen LogP contribution in [0.3, 0.4) is 0 Å². The van der Waals surface area contributed by atoms with E-state index in [4.69, 9.17) is 5.73 Å². The normalized spacial score (nSPS) is 27.8. The molecule has 2 N–H and O–H groups in total. The molecule has 2 unspecified atom stereocenters. The fraction of sp³-hybridized carbons (Fsp3) is 1.00. The van der Waals surface area contributed by atoms with E-state index in [0.29, 0.717) is 12.1 Å². The quantitative estimate of drug-likeness (QED) is 0.774. The third-order valence-electron chi connectivity index (χ3n) is 3.72. The molecular formula is C13H29N3. The Hall–Kier alpha value is -0.120. The van der Waals surface area contributed by atoms with Crippen LogP contribution in [0.25, 0.3) is 0 Å². The molecule has 0 aliphatic carbocycles. The van der Waals surface area contributed by atoms with Gasteiger partial charge in [-0.15, -0.1) is 0 Å². The van der Waals surface area contributed by atoms with Crippen LogP contribution in [0.1, 0.15) is 34.1 Å². The molecule has 1 aliphatic heterocycles. The van der Waals surface area contributed by atoms with E-state index >= 15 is 0 Å². The average molecular weight is 227 g/mol. The van der Waals surface area contributed by atoms with Crippen LogP contribution in [0.15, 0.2) is 0 Å². The molecule has 16 heavy (non-hydrogen) atoms. The molecule has 0 amide bonds. The molecule has 1 heterocycles. The third kappa shape index (κ3) is 3.44. The molecule has 3 nitrogen and oxygen atoms in total. The van der Waals surface area contributed by atoms with Crippen molar-refractivity contribution in [1.29, 1.82) is 0 Å². The van der Waals surface area contributed by atoms with Gasteiger partial charge < -0.3 is 10.6 Å². The van der Waals surface area contributed by atoms with Gasteiger partial charge in [-0.05, 0) is 32.4 Å². The number of rotatable bonds is 2. The van der Waals surface area contributed by atoms with E-state index in [-0.39, 0.29) is 5.41 Å². The Labute approximate surface area is 101 Å². The van der Waals surface area contributed by atoms with Crippen LogP contribution < -0.4 is 5.73 Å². The highest BCUT2D eigenvalue weighted by Crippen LogP contribution is 2.26. The summed E-state index contributed by atoms with van der Waals surface area (Å²) in [5, 5.41) is 0. The molecule has 1 fully saturated rings. The Bertz CT molecular complexity index is 210. The van der Waals surface area contributed by atoms with Gasteiger partial charge in [-0.3, -0.25) is 4.90 Å². The van der Waals surface area contributed by atoms with E-state index in [2.05, 4.69) is 44.5 Å². The molecule has 96 valence electrons. The second-order valence-corrected chi connectivity index (χ2v) is 6.32. The number of nitrogens with zero attached hydrogens (tertiary/aromatic N) is 2. The van der Waals surface area contributed by atoms with Crippen molar-refractivity contribution in [3.8, 4) is 0 Å². The maximum absolute atomic E-state index is 5.98. The van der Waals surface area contributed by atoms with Crippen LogP contribution in [0.4, 0.5) is 0 Å². The average Bonchev–Trinajstić information content (AvgIpc) is 2.27. The molecule has 0 spiro atoms. The number of nitrogens with two attached hydrogens (primary N) is 1. The lowest BCUT2D eigenvalue weighted by Crippen LogP contribution is -2.53. The highest BCUT2D eigenvalue weighted by molar-refractivity contribution is 4.88. The Morgan fingerprint density at radius 1 is 1.31 bits per heavy atom. The molecule has 1 rings (SSSR count). The van der Waals surface area contributed by atoms with E-state index in [1.54, 1.807) is 0 Å². The van der Waals surface area contributed by atoms with E-state index < -0.39 is 0 Å². The summed E-state index contributed by atoms with van der Waals surface area (Å²) in [4.78, 5) is 5.05. The molecule has 0 aromatic heterocycles. The van der Waals surface area contributed by atoms with Gasteiger partial charge in [0.25, 0.3) is 0 Å². The van der Waals surface area contributed by atoms with Crippen molar-refractivity contribution in [3.63, 3.8) is 0 Å². The minimum absolute atomic E-state index is 0.270. The van der Waals surface area contributed by atoms with Crippen molar-refractivity contribution in [2.45, 2.75) is 46.2 Å². The number of likely N-dealkylation sites (N-methyl/N-ethyl adjacent to an activating group) is 1. The molecule has 0 radical (unpaired) electrons. The highest BCUT2D eigenvalue weighted by atomic mass is 15.3. The van der Waals surface area contributed by atoms with Crippen molar-refractivity contribution >= 4 is 0 Å². The lowest BCUT2D eigenvalue weighted by molar-refractivity contribution is 0.0714. The zero-order chi connectivity index (χ0) is 12.3. The van der Waals surface area contributed by atoms with Crippen LogP contribution in [0.5, 0.6) is 0 Å². The first kappa shape index (κ1) is 13.9. The maximum atomic E-state index is 5.98. The molecule has 1 saturated heterocycles. The summed E-state index contributed by atoms with van der Waals surface area (Å²) >= 11 is 0. The zero-order valence-electron chi connectivity index (χ0n) is 11.7. The largest absolute Gasteiger partial charge is 0.329 e. The summed E-state index contributed by atoms with van der Waals surface area (Å²) in [6.07, 6.45) is 1.26. The lowest BCUT2D eigenvalue weighted by atomic mass is 9.85. The second-order valence-electron chi connectivity index (χ2n) is 6.32. The summed E-state index contributed by atoms with van der Waals surface area (Å²) in [7, 11) is 2.22. The Morgan fingerprint density at radius 2 is 1.94 bits per heavy atom. The number of hydrogen-bond acceptors (Lipinski definition) is 3. The van der Waals surface area contributed by atoms with Crippen LogP contribution in [-0.2, 0) is 0 Å². The maximum Gasteiger partial charge on any atom is 0.0270 e. The molecule has 3 heteroatoms. The minimum Gasteiger partial charge on any atom is -0.329 e. The van der Waals surface area contributed by atoms with E-state index in [9.17, 15) is 0 Å². The topological polar surface area (TPSA) is 32.5 Å². The summed E-state index contributed by atoms with van der Waals surface area (Å²) in [5.74, 6) is 0. The standard InChI is InChI=1S/C13H29N3/c1-11-10-15(5)7-6-8-16(11)12(9-14)13(2,3)4/h11-12H,6-10,14H2,1-5H3. The molecule has 2 atom stereocenters. The molecule has 0 saturated carbocycles. The van der Waals surface area contributed by atoms with Crippen LogP contribution in [0.2, 0.25) is 0 Å². The van der Waals surface area contributed by atoms with E-state index in [1.807, 2.05) is 0 Å². The zero-order valence-corrected chi connectivity index (χ0v) is 11.7. The van der Waals surface area contributed by atoms with Gasteiger partial charge in [0.15, 0.2) is 0 Å². The van der Waals surface area contributed by atoms with Crippen LogP contribution in [0, 0.1) is 5.41 Å². The third-order valence-corrected chi connectivity index (χ3v) is 3.72. The van der Waals surface area contributed by atoms with Gasteiger partial charge in [-0.2, -0.15) is 0 Å². The molecule has 0 bridgehead atoms. The first-order chi connectivity index (χ1) is 7.36. The van der Waals surface area contributed by atoms with Crippen LogP contribution in [-0.4, -0.2) is 55.1 Å². The van der Waals surface area contributed by atoms with Gasteiger partial charge in [-0.1, -0.05) is 20.8 Å².